The van der Waals surface area contributed by atoms with Gasteiger partial charge in [-0.25, -0.2) is 9.48 Å². The first-order valence-electron chi connectivity index (χ1n) is 12.4. The number of piperidine rings is 1. The van der Waals surface area contributed by atoms with Crippen LogP contribution in [0.2, 0.25) is 0 Å². The Morgan fingerprint density at radius 2 is 1.63 bits per heavy atom. The molecule has 3 aliphatic rings. The van der Waals surface area contributed by atoms with Crippen LogP contribution in [-0.4, -0.2) is 56.8 Å². The molecule has 0 bridgehead atoms. The number of carbonyl (C=O) groups excluding carboxylic acids is 1. The summed E-state index contributed by atoms with van der Waals surface area (Å²) in [4.78, 5) is 26.0. The number of rotatable bonds is 4. The molecule has 0 radical (unpaired) electrons. The van der Waals surface area contributed by atoms with E-state index < -0.39 is 5.97 Å². The number of hydrogen-bond acceptors (Lipinski definition) is 5. The van der Waals surface area contributed by atoms with Crippen LogP contribution in [0.15, 0.2) is 48.5 Å². The Morgan fingerprint density at radius 1 is 0.971 bits per heavy atom. The van der Waals surface area contributed by atoms with Crippen LogP contribution in [0.25, 0.3) is 11.1 Å². The number of aromatic nitrogens is 3. The molecule has 1 saturated heterocycles. The number of carbonyl (C=O) groups is 2. The number of carboxylic acid groups (broad SMARTS) is 1. The Labute approximate surface area is 203 Å². The van der Waals surface area contributed by atoms with Crippen molar-refractivity contribution in [3.05, 3.63) is 71.0 Å². The van der Waals surface area contributed by atoms with Crippen LogP contribution in [-0.2, 0) is 22.4 Å². The number of aliphatic carboxylic acids is 1. The normalized spacial score (nSPS) is 19.7. The second-order valence-corrected chi connectivity index (χ2v) is 9.73. The zero-order chi connectivity index (χ0) is 23.9. The molecule has 6 rings (SSSR count). The lowest BCUT2D eigenvalue weighted by Crippen LogP contribution is -2.40. The molecule has 1 unspecified atom stereocenters. The van der Waals surface area contributed by atoms with Gasteiger partial charge in [-0.1, -0.05) is 53.7 Å². The van der Waals surface area contributed by atoms with E-state index in [9.17, 15) is 14.7 Å². The van der Waals surface area contributed by atoms with E-state index in [0.717, 1.165) is 24.2 Å². The van der Waals surface area contributed by atoms with Crippen molar-refractivity contribution in [3.8, 4) is 11.1 Å². The topological polar surface area (TPSA) is 97.5 Å². The molecule has 1 amide bonds. The summed E-state index contributed by atoms with van der Waals surface area (Å²) >= 11 is 0. The number of ether oxygens (including phenoxy) is 1. The predicted octanol–water partition coefficient (Wildman–Crippen LogP) is 4.05. The molecule has 1 aliphatic heterocycles. The highest BCUT2D eigenvalue weighted by molar-refractivity contribution is 5.79. The van der Waals surface area contributed by atoms with Gasteiger partial charge in [0.25, 0.3) is 0 Å². The molecule has 2 heterocycles. The van der Waals surface area contributed by atoms with Crippen LogP contribution in [0.1, 0.15) is 53.7 Å². The van der Waals surface area contributed by atoms with Crippen LogP contribution >= 0.6 is 0 Å². The number of carboxylic acids is 1. The zero-order valence-electron chi connectivity index (χ0n) is 19.5. The van der Waals surface area contributed by atoms with Gasteiger partial charge in [-0.15, -0.1) is 5.10 Å². The molecule has 0 saturated carbocycles. The third-order valence-corrected chi connectivity index (χ3v) is 7.79. The van der Waals surface area contributed by atoms with Crippen molar-refractivity contribution in [2.24, 2.45) is 5.92 Å². The molecule has 1 N–H and O–H groups in total. The molecule has 180 valence electrons. The molecule has 0 spiro atoms. The summed E-state index contributed by atoms with van der Waals surface area (Å²) in [5, 5.41) is 17.9. The van der Waals surface area contributed by atoms with Gasteiger partial charge in [0.05, 0.1) is 23.3 Å². The maximum Gasteiger partial charge on any atom is 0.409 e. The maximum absolute atomic E-state index is 12.9. The Kier molecular flexibility index (Phi) is 5.51. The lowest BCUT2D eigenvalue weighted by atomic mass is 9.89. The molecule has 2 aliphatic carbocycles. The van der Waals surface area contributed by atoms with E-state index in [2.05, 4.69) is 34.6 Å². The lowest BCUT2D eigenvalue weighted by molar-refractivity contribution is -0.142. The van der Waals surface area contributed by atoms with E-state index in [4.69, 9.17) is 4.74 Å². The van der Waals surface area contributed by atoms with Crippen LogP contribution < -0.4 is 0 Å². The third-order valence-electron chi connectivity index (χ3n) is 7.79. The van der Waals surface area contributed by atoms with Gasteiger partial charge < -0.3 is 14.7 Å². The lowest BCUT2D eigenvalue weighted by Gasteiger charge is -2.32. The van der Waals surface area contributed by atoms with Crippen molar-refractivity contribution >= 4 is 12.1 Å². The van der Waals surface area contributed by atoms with Crippen molar-refractivity contribution in [2.75, 3.05) is 19.7 Å². The number of likely N-dealkylation sites (tertiary alicyclic amines) is 1. The fourth-order valence-corrected chi connectivity index (χ4v) is 5.89. The molecule has 1 fully saturated rings. The van der Waals surface area contributed by atoms with Gasteiger partial charge in [0.15, 0.2) is 0 Å². The molecular weight excluding hydrogens is 444 g/mol. The van der Waals surface area contributed by atoms with Gasteiger partial charge >= 0.3 is 12.1 Å². The van der Waals surface area contributed by atoms with Crippen LogP contribution in [0.5, 0.6) is 0 Å². The Hall–Kier alpha value is -3.68. The van der Waals surface area contributed by atoms with Crippen LogP contribution in [0.4, 0.5) is 4.79 Å². The zero-order valence-corrected chi connectivity index (χ0v) is 19.5. The van der Waals surface area contributed by atoms with Crippen molar-refractivity contribution in [3.63, 3.8) is 0 Å². The average molecular weight is 473 g/mol. The molecule has 35 heavy (non-hydrogen) atoms. The van der Waals surface area contributed by atoms with Crippen molar-refractivity contribution in [1.29, 1.82) is 0 Å². The highest BCUT2D eigenvalue weighted by Gasteiger charge is 2.33. The SMILES string of the molecule is O=C(O)C1CCc2c(nnn2C2CCN(C(=O)OCC3c4ccccc4-c4ccccc43)CC2)C1. The molecular formula is C27H28N4O4. The number of nitrogens with zero attached hydrogens (tertiary/aromatic N) is 4. The van der Waals surface area contributed by atoms with Crippen LogP contribution in [0.3, 0.4) is 0 Å². The summed E-state index contributed by atoms with van der Waals surface area (Å²) in [6.45, 7) is 1.54. The number of hydrogen-bond donors (Lipinski definition) is 1. The summed E-state index contributed by atoms with van der Waals surface area (Å²) in [6.07, 6.45) is 3.05. The first kappa shape index (κ1) is 21.8. The van der Waals surface area contributed by atoms with E-state index >= 15 is 0 Å². The van der Waals surface area contributed by atoms with Gasteiger partial charge in [-0.05, 0) is 47.9 Å². The van der Waals surface area contributed by atoms with E-state index in [-0.39, 0.29) is 24.0 Å². The quantitative estimate of drug-likeness (QED) is 0.615. The minimum absolute atomic E-state index is 0.0557. The summed E-state index contributed by atoms with van der Waals surface area (Å²) in [7, 11) is 0. The molecule has 8 heteroatoms. The van der Waals surface area contributed by atoms with E-state index in [1.165, 1.54) is 22.3 Å². The van der Waals surface area contributed by atoms with Crippen molar-refractivity contribution in [1.82, 2.24) is 19.9 Å². The largest absolute Gasteiger partial charge is 0.481 e. The number of fused-ring (bicyclic) bond motifs is 4. The van der Waals surface area contributed by atoms with E-state index in [1.807, 2.05) is 28.9 Å². The smallest absolute Gasteiger partial charge is 0.409 e. The summed E-state index contributed by atoms with van der Waals surface area (Å²) in [5.74, 6) is -1.08. The Balaban J connectivity index is 1.07. The van der Waals surface area contributed by atoms with E-state index in [0.29, 0.717) is 39.0 Å². The maximum atomic E-state index is 12.9. The monoisotopic (exact) mass is 472 g/mol. The standard InChI is InChI=1S/C27H28N4O4/c32-26(33)17-9-10-25-24(15-17)28-29-31(25)18-11-13-30(14-12-18)27(34)35-16-23-21-7-3-1-5-19(21)20-6-2-4-8-22(20)23/h1-8,17-18,23H,9-16H2,(H,32,33). The summed E-state index contributed by atoms with van der Waals surface area (Å²) in [5.41, 5.74) is 6.72. The first-order chi connectivity index (χ1) is 17.1. The second-order valence-electron chi connectivity index (χ2n) is 9.73. The number of amides is 1. The highest BCUT2D eigenvalue weighted by Crippen LogP contribution is 2.44. The molecule has 1 aromatic heterocycles. The predicted molar refractivity (Wildman–Crippen MR) is 128 cm³/mol. The fourth-order valence-electron chi connectivity index (χ4n) is 5.89. The summed E-state index contributed by atoms with van der Waals surface area (Å²) < 4.78 is 7.80. The van der Waals surface area contributed by atoms with Gasteiger partial charge in [-0.2, -0.15) is 0 Å². The molecule has 1 atom stereocenters. The Morgan fingerprint density at radius 3 is 2.29 bits per heavy atom. The molecule has 8 nitrogen and oxygen atoms in total. The minimum atomic E-state index is -0.762. The van der Waals surface area contributed by atoms with Gasteiger partial charge in [0.2, 0.25) is 0 Å². The first-order valence-corrected chi connectivity index (χ1v) is 12.4. The molecule has 3 aromatic rings. The second kappa shape index (κ2) is 8.83. The van der Waals surface area contributed by atoms with E-state index in [1.54, 1.807) is 4.90 Å². The highest BCUT2D eigenvalue weighted by atomic mass is 16.6. The van der Waals surface area contributed by atoms with Crippen molar-refractivity contribution in [2.45, 2.75) is 44.1 Å². The summed E-state index contributed by atoms with van der Waals surface area (Å²) in [6, 6.07) is 16.8. The van der Waals surface area contributed by atoms with Gasteiger partial charge in [-0.3, -0.25) is 4.79 Å². The number of benzene rings is 2. The third kappa shape index (κ3) is 3.87. The average Bonchev–Trinajstić information content (AvgIpc) is 3.46. The van der Waals surface area contributed by atoms with Gasteiger partial charge in [0.1, 0.15) is 6.61 Å². The fraction of sp³-hybridized carbons (Fsp3) is 0.407. The Bertz CT molecular complexity index is 1230. The van der Waals surface area contributed by atoms with Crippen molar-refractivity contribution < 1.29 is 19.4 Å². The van der Waals surface area contributed by atoms with Crippen LogP contribution in [0, 0.1) is 5.92 Å². The van der Waals surface area contributed by atoms with Gasteiger partial charge in [0, 0.05) is 25.4 Å². The molecule has 2 aromatic carbocycles. The minimum Gasteiger partial charge on any atom is -0.481 e.